The predicted octanol–water partition coefficient (Wildman–Crippen LogP) is 2.07. The van der Waals surface area contributed by atoms with Crippen molar-refractivity contribution in [3.63, 3.8) is 0 Å². The van der Waals surface area contributed by atoms with Crippen LogP contribution in [-0.4, -0.2) is 53.8 Å². The number of nitrogens with zero attached hydrogens (tertiary/aromatic N) is 3. The van der Waals surface area contributed by atoms with E-state index in [4.69, 9.17) is 4.74 Å². The van der Waals surface area contributed by atoms with E-state index in [0.717, 1.165) is 36.4 Å². The van der Waals surface area contributed by atoms with Crippen molar-refractivity contribution in [2.45, 2.75) is 26.0 Å². The molecule has 1 aliphatic heterocycles. The molecule has 0 aliphatic carbocycles. The predicted molar refractivity (Wildman–Crippen MR) is 84.6 cm³/mol. The minimum Gasteiger partial charge on any atom is -0.373 e. The number of nitrogens with one attached hydrogen (secondary N) is 1. The smallest absolute Gasteiger partial charge is 0.137 e. The first-order valence-electron chi connectivity index (χ1n) is 7.42. The Labute approximate surface area is 125 Å². The summed E-state index contributed by atoms with van der Waals surface area (Å²) >= 11 is 0. The van der Waals surface area contributed by atoms with Gasteiger partial charge >= 0.3 is 0 Å². The molecule has 2 unspecified atom stereocenters. The maximum atomic E-state index is 5.88. The number of hydrogen-bond acceptors (Lipinski definition) is 5. The Hall–Kier alpha value is -1.72. The van der Waals surface area contributed by atoms with E-state index in [-0.39, 0.29) is 12.1 Å². The second-order valence-corrected chi connectivity index (χ2v) is 5.80. The van der Waals surface area contributed by atoms with Gasteiger partial charge in [-0.3, -0.25) is 0 Å². The molecule has 5 heteroatoms. The summed E-state index contributed by atoms with van der Waals surface area (Å²) in [7, 11) is 2.13. The number of benzene rings is 1. The third-order valence-electron chi connectivity index (χ3n) is 4.09. The molecule has 1 N–H and O–H groups in total. The Balaban J connectivity index is 1.84. The van der Waals surface area contributed by atoms with Crippen LogP contribution in [0.1, 0.15) is 12.5 Å². The molecule has 21 heavy (non-hydrogen) atoms. The number of ether oxygens (including phenoxy) is 1. The molecule has 3 rings (SSSR count). The SMILES string of the molecule is Cc1cccc2ncnc(NC(C)C3CN(C)CCO3)c12. The van der Waals surface area contributed by atoms with E-state index >= 15 is 0 Å². The lowest BCUT2D eigenvalue weighted by Crippen LogP contribution is -2.47. The minimum absolute atomic E-state index is 0.179. The highest BCUT2D eigenvalue weighted by molar-refractivity contribution is 5.91. The number of hydrogen-bond donors (Lipinski definition) is 1. The van der Waals surface area contributed by atoms with Crippen LogP contribution < -0.4 is 5.32 Å². The zero-order valence-corrected chi connectivity index (χ0v) is 12.8. The van der Waals surface area contributed by atoms with Gasteiger partial charge in [0.05, 0.1) is 24.3 Å². The zero-order chi connectivity index (χ0) is 14.8. The molecule has 5 nitrogen and oxygen atoms in total. The molecule has 112 valence electrons. The number of morpholine rings is 1. The fourth-order valence-electron chi connectivity index (χ4n) is 2.81. The van der Waals surface area contributed by atoms with Crippen molar-refractivity contribution in [3.05, 3.63) is 30.1 Å². The largest absolute Gasteiger partial charge is 0.373 e. The topological polar surface area (TPSA) is 50.3 Å². The van der Waals surface area contributed by atoms with Crippen LogP contribution in [0.2, 0.25) is 0 Å². The van der Waals surface area contributed by atoms with Gasteiger partial charge < -0.3 is 15.0 Å². The van der Waals surface area contributed by atoms with E-state index in [1.807, 2.05) is 12.1 Å². The van der Waals surface area contributed by atoms with Crippen LogP contribution in [0.15, 0.2) is 24.5 Å². The van der Waals surface area contributed by atoms with Gasteiger partial charge in [0.2, 0.25) is 0 Å². The Morgan fingerprint density at radius 3 is 3.05 bits per heavy atom. The van der Waals surface area contributed by atoms with Gasteiger partial charge in [0, 0.05) is 18.5 Å². The summed E-state index contributed by atoms with van der Waals surface area (Å²) in [6.45, 7) is 6.97. The normalized spacial score (nSPS) is 21.4. The summed E-state index contributed by atoms with van der Waals surface area (Å²) in [4.78, 5) is 11.1. The third-order valence-corrected chi connectivity index (χ3v) is 4.09. The lowest BCUT2D eigenvalue weighted by atomic mass is 10.1. The Morgan fingerprint density at radius 1 is 1.38 bits per heavy atom. The van der Waals surface area contributed by atoms with Crippen LogP contribution >= 0.6 is 0 Å². The van der Waals surface area contributed by atoms with Crippen molar-refractivity contribution in [1.29, 1.82) is 0 Å². The first-order valence-corrected chi connectivity index (χ1v) is 7.42. The first kappa shape index (κ1) is 14.2. The van der Waals surface area contributed by atoms with Gasteiger partial charge in [0.15, 0.2) is 0 Å². The number of anilines is 1. The number of fused-ring (bicyclic) bond motifs is 1. The van der Waals surface area contributed by atoms with Crippen LogP contribution in [-0.2, 0) is 4.74 Å². The van der Waals surface area contributed by atoms with Crippen molar-refractivity contribution in [1.82, 2.24) is 14.9 Å². The molecule has 2 atom stereocenters. The maximum absolute atomic E-state index is 5.88. The van der Waals surface area contributed by atoms with Crippen molar-refractivity contribution >= 4 is 16.7 Å². The van der Waals surface area contributed by atoms with Gasteiger partial charge in [-0.05, 0) is 32.5 Å². The summed E-state index contributed by atoms with van der Waals surface area (Å²) in [6, 6.07) is 6.33. The molecule has 2 aromatic rings. The Bertz CT molecular complexity index is 625. The fourth-order valence-corrected chi connectivity index (χ4v) is 2.81. The van der Waals surface area contributed by atoms with E-state index in [1.54, 1.807) is 6.33 Å². The van der Waals surface area contributed by atoms with Gasteiger partial charge in [-0.15, -0.1) is 0 Å². The van der Waals surface area contributed by atoms with Crippen LogP contribution in [0.4, 0.5) is 5.82 Å². The standard InChI is InChI=1S/C16H22N4O/c1-11-5-4-6-13-15(11)16(18-10-17-13)19-12(2)14-9-20(3)7-8-21-14/h4-6,10,12,14H,7-9H2,1-3H3,(H,17,18,19). The van der Waals surface area contributed by atoms with Gasteiger partial charge in [0.1, 0.15) is 12.1 Å². The average molecular weight is 286 g/mol. The number of aromatic nitrogens is 2. The van der Waals surface area contributed by atoms with Crippen LogP contribution in [0.3, 0.4) is 0 Å². The molecule has 0 amide bonds. The van der Waals surface area contributed by atoms with Crippen molar-refractivity contribution in [3.8, 4) is 0 Å². The number of likely N-dealkylation sites (N-methyl/N-ethyl adjacent to an activating group) is 1. The molecule has 0 saturated carbocycles. The van der Waals surface area contributed by atoms with Crippen LogP contribution in [0, 0.1) is 6.92 Å². The number of rotatable bonds is 3. The molecule has 1 aromatic carbocycles. The lowest BCUT2D eigenvalue weighted by Gasteiger charge is -2.34. The maximum Gasteiger partial charge on any atom is 0.137 e. The van der Waals surface area contributed by atoms with Crippen LogP contribution in [0.5, 0.6) is 0 Å². The van der Waals surface area contributed by atoms with Gasteiger partial charge in [0.25, 0.3) is 0 Å². The van der Waals surface area contributed by atoms with Crippen molar-refractivity contribution in [2.24, 2.45) is 0 Å². The van der Waals surface area contributed by atoms with E-state index in [0.29, 0.717) is 0 Å². The minimum atomic E-state index is 0.179. The van der Waals surface area contributed by atoms with Gasteiger partial charge in [-0.2, -0.15) is 0 Å². The summed E-state index contributed by atoms with van der Waals surface area (Å²) in [5, 5.41) is 4.61. The summed E-state index contributed by atoms with van der Waals surface area (Å²) < 4.78 is 5.88. The molecule has 0 radical (unpaired) electrons. The molecular formula is C16H22N4O. The monoisotopic (exact) mass is 286 g/mol. The molecule has 2 heterocycles. The highest BCUT2D eigenvalue weighted by atomic mass is 16.5. The van der Waals surface area contributed by atoms with Gasteiger partial charge in [-0.1, -0.05) is 12.1 Å². The molecule has 0 bridgehead atoms. The summed E-state index contributed by atoms with van der Waals surface area (Å²) in [5.74, 6) is 0.891. The molecule has 0 spiro atoms. The second kappa shape index (κ2) is 5.95. The first-order chi connectivity index (χ1) is 10.1. The molecule has 1 saturated heterocycles. The van der Waals surface area contributed by atoms with Crippen molar-refractivity contribution in [2.75, 3.05) is 32.1 Å². The molecule has 1 aromatic heterocycles. The van der Waals surface area contributed by atoms with E-state index < -0.39 is 0 Å². The average Bonchev–Trinajstić information content (AvgIpc) is 2.47. The fraction of sp³-hybridized carbons (Fsp3) is 0.500. The third kappa shape index (κ3) is 2.99. The van der Waals surface area contributed by atoms with E-state index in [1.165, 1.54) is 5.56 Å². The second-order valence-electron chi connectivity index (χ2n) is 5.80. The molecule has 1 aliphatic rings. The Kier molecular flexibility index (Phi) is 4.03. The Morgan fingerprint density at radius 2 is 2.24 bits per heavy atom. The van der Waals surface area contributed by atoms with E-state index in [9.17, 15) is 0 Å². The van der Waals surface area contributed by atoms with E-state index in [2.05, 4.69) is 47.1 Å². The number of aryl methyl sites for hydroxylation is 1. The van der Waals surface area contributed by atoms with Gasteiger partial charge in [-0.25, -0.2) is 9.97 Å². The lowest BCUT2D eigenvalue weighted by molar-refractivity contribution is -0.0259. The van der Waals surface area contributed by atoms with Crippen LogP contribution in [0.25, 0.3) is 10.9 Å². The highest BCUT2D eigenvalue weighted by Crippen LogP contribution is 2.24. The zero-order valence-electron chi connectivity index (χ0n) is 12.8. The summed E-state index contributed by atoms with van der Waals surface area (Å²) in [6.07, 6.45) is 1.79. The van der Waals surface area contributed by atoms with Crippen molar-refractivity contribution < 1.29 is 4.74 Å². The quantitative estimate of drug-likeness (QED) is 0.936. The molecular weight excluding hydrogens is 264 g/mol. The summed E-state index contributed by atoms with van der Waals surface area (Å²) in [5.41, 5.74) is 2.16. The molecule has 1 fully saturated rings. The highest BCUT2D eigenvalue weighted by Gasteiger charge is 2.24.